The topological polar surface area (TPSA) is 81.1 Å². The molecular formula is C17H21N3O3S. The van der Waals surface area contributed by atoms with Crippen molar-refractivity contribution < 1.29 is 13.2 Å². The molecule has 7 heteroatoms. The van der Waals surface area contributed by atoms with Crippen LogP contribution < -0.4 is 5.32 Å². The van der Waals surface area contributed by atoms with Crippen molar-refractivity contribution in [3.05, 3.63) is 46.8 Å². The van der Waals surface area contributed by atoms with E-state index in [2.05, 4.69) is 10.4 Å². The summed E-state index contributed by atoms with van der Waals surface area (Å²) < 4.78 is 25.0. The molecule has 0 saturated carbocycles. The third-order valence-corrected chi connectivity index (χ3v) is 6.22. The molecule has 1 saturated heterocycles. The zero-order valence-corrected chi connectivity index (χ0v) is 14.9. The van der Waals surface area contributed by atoms with Gasteiger partial charge < -0.3 is 5.32 Å². The van der Waals surface area contributed by atoms with Crippen LogP contribution in [0.25, 0.3) is 0 Å². The van der Waals surface area contributed by atoms with Crippen molar-refractivity contribution >= 4 is 21.4 Å². The predicted molar refractivity (Wildman–Crippen MR) is 93.1 cm³/mol. The average Bonchev–Trinajstić information content (AvgIpc) is 3.04. The number of benzene rings is 1. The monoisotopic (exact) mass is 347 g/mol. The van der Waals surface area contributed by atoms with Gasteiger partial charge in [-0.3, -0.25) is 9.48 Å². The van der Waals surface area contributed by atoms with Crippen LogP contribution in [-0.4, -0.2) is 35.6 Å². The number of sulfone groups is 1. The number of carbonyl (C=O) groups excluding carboxylic acids is 1. The Morgan fingerprint density at radius 2 is 2.04 bits per heavy atom. The van der Waals surface area contributed by atoms with Gasteiger partial charge in [-0.15, -0.1) is 0 Å². The summed E-state index contributed by atoms with van der Waals surface area (Å²) in [5, 5.41) is 7.16. The number of hydrogen-bond acceptors (Lipinski definition) is 4. The SMILES string of the molecule is Cc1ccc(NC(=O)c2cnn(C3CCS(=O)(=O)C3)c2C)c(C)c1. The summed E-state index contributed by atoms with van der Waals surface area (Å²) in [6.45, 7) is 5.75. The maximum Gasteiger partial charge on any atom is 0.259 e. The van der Waals surface area contributed by atoms with Gasteiger partial charge in [0.25, 0.3) is 5.91 Å². The lowest BCUT2D eigenvalue weighted by molar-refractivity contribution is 0.102. The predicted octanol–water partition coefficient (Wildman–Crippen LogP) is 2.42. The number of rotatable bonds is 3. The molecule has 0 radical (unpaired) electrons. The van der Waals surface area contributed by atoms with Crippen molar-refractivity contribution in [2.24, 2.45) is 0 Å². The molecule has 1 aliphatic rings. The summed E-state index contributed by atoms with van der Waals surface area (Å²) in [5.74, 6) is 0.0425. The van der Waals surface area contributed by atoms with E-state index in [9.17, 15) is 13.2 Å². The number of carbonyl (C=O) groups is 1. The first-order valence-corrected chi connectivity index (χ1v) is 9.72. The highest BCUT2D eigenvalue weighted by molar-refractivity contribution is 7.91. The number of aryl methyl sites for hydroxylation is 2. The van der Waals surface area contributed by atoms with Gasteiger partial charge >= 0.3 is 0 Å². The molecule has 0 aliphatic carbocycles. The van der Waals surface area contributed by atoms with Crippen LogP contribution in [0.1, 0.15) is 39.6 Å². The van der Waals surface area contributed by atoms with Gasteiger partial charge in [0.15, 0.2) is 9.84 Å². The fraction of sp³-hybridized carbons (Fsp3) is 0.412. The molecule has 3 rings (SSSR count). The molecule has 2 heterocycles. The van der Waals surface area contributed by atoms with E-state index in [4.69, 9.17) is 0 Å². The number of aromatic nitrogens is 2. The van der Waals surface area contributed by atoms with Crippen molar-refractivity contribution in [2.75, 3.05) is 16.8 Å². The minimum Gasteiger partial charge on any atom is -0.322 e. The van der Waals surface area contributed by atoms with Crippen LogP contribution in [0.15, 0.2) is 24.4 Å². The summed E-state index contributed by atoms with van der Waals surface area (Å²) in [7, 11) is -2.99. The third-order valence-electron chi connectivity index (χ3n) is 4.47. The van der Waals surface area contributed by atoms with Crippen LogP contribution in [0.2, 0.25) is 0 Å². The van der Waals surface area contributed by atoms with Crippen LogP contribution >= 0.6 is 0 Å². The van der Waals surface area contributed by atoms with E-state index in [-0.39, 0.29) is 23.5 Å². The Labute approximate surface area is 141 Å². The van der Waals surface area contributed by atoms with Crippen molar-refractivity contribution in [2.45, 2.75) is 33.2 Å². The highest BCUT2D eigenvalue weighted by Crippen LogP contribution is 2.26. The molecule has 2 aromatic rings. The second kappa shape index (κ2) is 6.05. The number of hydrogen-bond donors (Lipinski definition) is 1. The van der Waals surface area contributed by atoms with Gasteiger partial charge in [0.2, 0.25) is 0 Å². The highest BCUT2D eigenvalue weighted by Gasteiger charge is 2.31. The first kappa shape index (κ1) is 16.7. The summed E-state index contributed by atoms with van der Waals surface area (Å²) in [6, 6.07) is 5.65. The minimum absolute atomic E-state index is 0.0909. The molecule has 1 amide bonds. The molecule has 1 aromatic heterocycles. The standard InChI is InChI=1S/C17H21N3O3S/c1-11-4-5-16(12(2)8-11)19-17(21)15-9-18-20(13(15)3)14-6-7-24(22,23)10-14/h4-5,8-9,14H,6-7,10H2,1-3H3,(H,19,21). The Morgan fingerprint density at radius 1 is 1.29 bits per heavy atom. The van der Waals surface area contributed by atoms with Crippen LogP contribution in [0.5, 0.6) is 0 Å². The lowest BCUT2D eigenvalue weighted by Crippen LogP contribution is -2.17. The Balaban J connectivity index is 1.81. The summed E-state index contributed by atoms with van der Waals surface area (Å²) in [6.07, 6.45) is 2.06. The van der Waals surface area contributed by atoms with Crippen molar-refractivity contribution in [1.29, 1.82) is 0 Å². The Bertz CT molecular complexity index is 900. The normalized spacial score (nSPS) is 19.4. The third kappa shape index (κ3) is 3.21. The Morgan fingerprint density at radius 3 is 2.67 bits per heavy atom. The summed E-state index contributed by atoms with van der Waals surface area (Å²) in [4.78, 5) is 12.5. The lowest BCUT2D eigenvalue weighted by atomic mass is 10.1. The van der Waals surface area contributed by atoms with Crippen LogP contribution in [0, 0.1) is 20.8 Å². The number of amides is 1. The maximum absolute atomic E-state index is 12.5. The molecule has 6 nitrogen and oxygen atoms in total. The average molecular weight is 347 g/mol. The van der Waals surface area contributed by atoms with E-state index in [1.54, 1.807) is 11.6 Å². The van der Waals surface area contributed by atoms with E-state index in [0.29, 0.717) is 17.7 Å². The lowest BCUT2D eigenvalue weighted by Gasteiger charge is -2.12. The molecule has 1 atom stereocenters. The van der Waals surface area contributed by atoms with Gasteiger partial charge in [0.1, 0.15) is 0 Å². The molecule has 1 fully saturated rings. The van der Waals surface area contributed by atoms with E-state index in [1.165, 1.54) is 6.20 Å². The number of nitrogens with zero attached hydrogens (tertiary/aromatic N) is 2. The zero-order chi connectivity index (χ0) is 17.5. The van der Waals surface area contributed by atoms with Crippen molar-refractivity contribution in [3.63, 3.8) is 0 Å². The minimum atomic E-state index is -2.99. The molecule has 128 valence electrons. The second-order valence-electron chi connectivity index (χ2n) is 6.42. The first-order chi connectivity index (χ1) is 11.3. The van der Waals surface area contributed by atoms with Gasteiger partial charge in [-0.05, 0) is 38.8 Å². The van der Waals surface area contributed by atoms with Crippen molar-refractivity contribution in [1.82, 2.24) is 9.78 Å². The van der Waals surface area contributed by atoms with Gasteiger partial charge in [0, 0.05) is 11.4 Å². The fourth-order valence-electron chi connectivity index (χ4n) is 3.13. The van der Waals surface area contributed by atoms with E-state index >= 15 is 0 Å². The molecule has 0 bridgehead atoms. The summed E-state index contributed by atoms with van der Waals surface area (Å²) >= 11 is 0. The van der Waals surface area contributed by atoms with E-state index in [1.807, 2.05) is 32.0 Å². The van der Waals surface area contributed by atoms with Crippen molar-refractivity contribution in [3.8, 4) is 0 Å². The largest absolute Gasteiger partial charge is 0.322 e. The highest BCUT2D eigenvalue weighted by atomic mass is 32.2. The molecule has 1 N–H and O–H groups in total. The van der Waals surface area contributed by atoms with E-state index < -0.39 is 9.84 Å². The smallest absolute Gasteiger partial charge is 0.259 e. The fourth-order valence-corrected chi connectivity index (χ4v) is 4.82. The number of anilines is 1. The quantitative estimate of drug-likeness (QED) is 0.924. The van der Waals surface area contributed by atoms with Gasteiger partial charge in [0.05, 0.1) is 29.3 Å². The van der Waals surface area contributed by atoms with Gasteiger partial charge in [-0.1, -0.05) is 17.7 Å². The maximum atomic E-state index is 12.5. The molecule has 0 spiro atoms. The second-order valence-corrected chi connectivity index (χ2v) is 8.65. The van der Waals surface area contributed by atoms with Crippen LogP contribution in [0.4, 0.5) is 5.69 Å². The van der Waals surface area contributed by atoms with Crippen LogP contribution in [0.3, 0.4) is 0 Å². The van der Waals surface area contributed by atoms with Gasteiger partial charge in [-0.2, -0.15) is 5.10 Å². The molecule has 24 heavy (non-hydrogen) atoms. The zero-order valence-electron chi connectivity index (χ0n) is 14.0. The molecule has 1 aliphatic heterocycles. The van der Waals surface area contributed by atoms with Crippen LogP contribution in [-0.2, 0) is 9.84 Å². The summed E-state index contributed by atoms with van der Waals surface area (Å²) in [5.41, 5.74) is 4.06. The van der Waals surface area contributed by atoms with E-state index in [0.717, 1.165) is 16.8 Å². The number of nitrogens with one attached hydrogen (secondary N) is 1. The molecule has 1 unspecified atom stereocenters. The Kier molecular flexibility index (Phi) is 4.21. The van der Waals surface area contributed by atoms with Gasteiger partial charge in [-0.25, -0.2) is 8.42 Å². The Hall–Kier alpha value is -2.15. The molecule has 1 aromatic carbocycles. The first-order valence-electron chi connectivity index (χ1n) is 7.90. The molecular weight excluding hydrogens is 326 g/mol.